The van der Waals surface area contributed by atoms with Crippen LogP contribution in [0.4, 0.5) is 4.79 Å². The first-order valence-electron chi connectivity index (χ1n) is 7.98. The molecule has 6 heteroatoms. The largest absolute Gasteiger partial charge is 0.491 e. The molecular formula is C17H25N3O3. The molecule has 1 saturated heterocycles. The Morgan fingerprint density at radius 2 is 2.04 bits per heavy atom. The molecule has 1 heterocycles. The fourth-order valence-electron chi connectivity index (χ4n) is 2.55. The van der Waals surface area contributed by atoms with Crippen molar-refractivity contribution in [2.24, 2.45) is 0 Å². The predicted octanol–water partition coefficient (Wildman–Crippen LogP) is 1.60. The molecule has 0 aliphatic carbocycles. The van der Waals surface area contributed by atoms with E-state index < -0.39 is 0 Å². The molecule has 3 amide bonds. The average Bonchev–Trinajstić information content (AvgIpc) is 2.71. The van der Waals surface area contributed by atoms with Gasteiger partial charge in [0.15, 0.2) is 0 Å². The van der Waals surface area contributed by atoms with Gasteiger partial charge in [0.2, 0.25) is 5.91 Å². The summed E-state index contributed by atoms with van der Waals surface area (Å²) in [4.78, 5) is 25.2. The van der Waals surface area contributed by atoms with Crippen molar-refractivity contribution in [2.75, 3.05) is 26.2 Å². The highest BCUT2D eigenvalue weighted by Gasteiger charge is 2.19. The third-order valence-corrected chi connectivity index (χ3v) is 3.86. The summed E-state index contributed by atoms with van der Waals surface area (Å²) in [6.45, 7) is 7.80. The topological polar surface area (TPSA) is 70.7 Å². The van der Waals surface area contributed by atoms with E-state index in [9.17, 15) is 9.59 Å². The number of para-hydroxylation sites is 1. The number of hydrogen-bond donors (Lipinski definition) is 2. The zero-order chi connectivity index (χ0) is 16.8. The van der Waals surface area contributed by atoms with Crippen molar-refractivity contribution < 1.29 is 14.3 Å². The van der Waals surface area contributed by atoms with Gasteiger partial charge in [0.1, 0.15) is 12.4 Å². The summed E-state index contributed by atoms with van der Waals surface area (Å²) in [7, 11) is 0. The van der Waals surface area contributed by atoms with Crippen LogP contribution in [-0.2, 0) is 4.79 Å². The van der Waals surface area contributed by atoms with Crippen LogP contribution in [-0.4, -0.2) is 49.1 Å². The molecule has 0 spiro atoms. The van der Waals surface area contributed by atoms with Crippen LogP contribution in [0.25, 0.3) is 0 Å². The second kappa shape index (κ2) is 7.85. The van der Waals surface area contributed by atoms with Crippen molar-refractivity contribution in [1.29, 1.82) is 0 Å². The van der Waals surface area contributed by atoms with Crippen LogP contribution in [0.1, 0.15) is 24.5 Å². The Hall–Kier alpha value is -2.24. The van der Waals surface area contributed by atoms with Crippen LogP contribution in [0.15, 0.2) is 18.2 Å². The van der Waals surface area contributed by atoms with Crippen LogP contribution in [0.5, 0.6) is 5.75 Å². The van der Waals surface area contributed by atoms with Crippen molar-refractivity contribution in [3.05, 3.63) is 29.3 Å². The smallest absolute Gasteiger partial charge is 0.317 e. The van der Waals surface area contributed by atoms with Crippen LogP contribution in [0, 0.1) is 13.8 Å². The maximum absolute atomic E-state index is 12.2. The average molecular weight is 319 g/mol. The number of nitrogens with zero attached hydrogens (tertiary/aromatic N) is 1. The van der Waals surface area contributed by atoms with Crippen molar-refractivity contribution in [1.82, 2.24) is 15.5 Å². The lowest BCUT2D eigenvalue weighted by Crippen LogP contribution is -2.46. The van der Waals surface area contributed by atoms with Gasteiger partial charge in [0, 0.05) is 26.1 Å². The SMILES string of the molecule is Cc1cccc(C)c1OC[C@@H](C)NC(=O)N1CCNC(=O)CC1. The third kappa shape index (κ3) is 4.87. The molecule has 0 unspecified atom stereocenters. The summed E-state index contributed by atoms with van der Waals surface area (Å²) in [5, 5.41) is 5.68. The molecule has 1 aliphatic rings. The standard InChI is InChI=1S/C17H25N3O3/c1-12-5-4-6-13(2)16(12)23-11-14(3)19-17(22)20-9-7-15(21)18-8-10-20/h4-6,14H,7-11H2,1-3H3,(H,18,21)(H,19,22)/t14-/m1/s1. The van der Waals surface area contributed by atoms with Gasteiger partial charge in [-0.2, -0.15) is 0 Å². The van der Waals surface area contributed by atoms with E-state index in [-0.39, 0.29) is 18.0 Å². The predicted molar refractivity (Wildman–Crippen MR) is 88.6 cm³/mol. The molecule has 1 aromatic carbocycles. The van der Waals surface area contributed by atoms with Gasteiger partial charge < -0.3 is 20.3 Å². The second-order valence-corrected chi connectivity index (χ2v) is 5.97. The number of urea groups is 1. The van der Waals surface area contributed by atoms with Crippen LogP contribution < -0.4 is 15.4 Å². The highest BCUT2D eigenvalue weighted by atomic mass is 16.5. The maximum Gasteiger partial charge on any atom is 0.317 e. The highest BCUT2D eigenvalue weighted by Crippen LogP contribution is 2.22. The lowest BCUT2D eigenvalue weighted by atomic mass is 10.1. The molecule has 0 saturated carbocycles. The third-order valence-electron chi connectivity index (χ3n) is 3.86. The molecule has 1 atom stereocenters. The minimum Gasteiger partial charge on any atom is -0.491 e. The van der Waals surface area contributed by atoms with Gasteiger partial charge in [-0.1, -0.05) is 18.2 Å². The van der Waals surface area contributed by atoms with E-state index in [1.165, 1.54) is 0 Å². The Balaban J connectivity index is 1.83. The second-order valence-electron chi connectivity index (χ2n) is 5.97. The molecule has 0 bridgehead atoms. The van der Waals surface area contributed by atoms with Gasteiger partial charge in [-0.3, -0.25) is 4.79 Å². The number of benzene rings is 1. The van der Waals surface area contributed by atoms with E-state index in [1.54, 1.807) is 4.90 Å². The summed E-state index contributed by atoms with van der Waals surface area (Å²) in [5.41, 5.74) is 2.17. The lowest BCUT2D eigenvalue weighted by Gasteiger charge is -2.23. The number of carbonyl (C=O) groups is 2. The Labute approximate surface area is 137 Å². The van der Waals surface area contributed by atoms with Crippen LogP contribution in [0.3, 0.4) is 0 Å². The number of amides is 3. The lowest BCUT2D eigenvalue weighted by molar-refractivity contribution is -0.120. The molecule has 6 nitrogen and oxygen atoms in total. The summed E-state index contributed by atoms with van der Waals surface area (Å²) in [5.74, 6) is 0.866. The Kier molecular flexibility index (Phi) is 5.84. The molecule has 1 aromatic rings. The number of aryl methyl sites for hydroxylation is 2. The first kappa shape index (κ1) is 17.1. The number of nitrogens with one attached hydrogen (secondary N) is 2. The summed E-state index contributed by atoms with van der Waals surface area (Å²) in [6.07, 6.45) is 0.348. The Bertz CT molecular complexity index is 554. The first-order chi connectivity index (χ1) is 11.0. The van der Waals surface area contributed by atoms with E-state index >= 15 is 0 Å². The fraction of sp³-hybridized carbons (Fsp3) is 0.529. The number of carbonyl (C=O) groups excluding carboxylic acids is 2. The van der Waals surface area contributed by atoms with Gasteiger partial charge in [-0.05, 0) is 31.9 Å². The zero-order valence-corrected chi connectivity index (χ0v) is 14.0. The number of ether oxygens (including phenoxy) is 1. The minimum atomic E-state index is -0.154. The van der Waals surface area contributed by atoms with E-state index in [0.29, 0.717) is 32.7 Å². The van der Waals surface area contributed by atoms with Crippen LogP contribution >= 0.6 is 0 Å². The van der Waals surface area contributed by atoms with Crippen molar-refractivity contribution in [2.45, 2.75) is 33.2 Å². The molecule has 0 radical (unpaired) electrons. The summed E-state index contributed by atoms with van der Waals surface area (Å²) < 4.78 is 5.86. The number of hydrogen-bond acceptors (Lipinski definition) is 3. The van der Waals surface area contributed by atoms with E-state index in [2.05, 4.69) is 10.6 Å². The molecule has 0 aromatic heterocycles. The molecule has 1 fully saturated rings. The van der Waals surface area contributed by atoms with E-state index in [4.69, 9.17) is 4.74 Å². The van der Waals surface area contributed by atoms with Gasteiger partial charge in [-0.15, -0.1) is 0 Å². The monoisotopic (exact) mass is 319 g/mol. The summed E-state index contributed by atoms with van der Waals surface area (Å²) >= 11 is 0. The van der Waals surface area contributed by atoms with E-state index in [1.807, 2.05) is 39.0 Å². The molecule has 126 valence electrons. The fourth-order valence-corrected chi connectivity index (χ4v) is 2.55. The quantitative estimate of drug-likeness (QED) is 0.885. The van der Waals surface area contributed by atoms with Crippen molar-refractivity contribution in [3.63, 3.8) is 0 Å². The van der Waals surface area contributed by atoms with Gasteiger partial charge in [0.05, 0.1) is 6.04 Å². The van der Waals surface area contributed by atoms with Crippen molar-refractivity contribution >= 4 is 11.9 Å². The minimum absolute atomic E-state index is 0.00768. The summed E-state index contributed by atoms with van der Waals surface area (Å²) in [6, 6.07) is 5.74. The van der Waals surface area contributed by atoms with Gasteiger partial charge in [-0.25, -0.2) is 4.79 Å². The van der Waals surface area contributed by atoms with Gasteiger partial charge >= 0.3 is 6.03 Å². The van der Waals surface area contributed by atoms with Crippen LogP contribution in [0.2, 0.25) is 0 Å². The normalized spacial score (nSPS) is 16.3. The van der Waals surface area contributed by atoms with Gasteiger partial charge in [0.25, 0.3) is 0 Å². The molecular weight excluding hydrogens is 294 g/mol. The van der Waals surface area contributed by atoms with Crippen molar-refractivity contribution in [3.8, 4) is 5.75 Å². The molecule has 23 heavy (non-hydrogen) atoms. The highest BCUT2D eigenvalue weighted by molar-refractivity contribution is 5.79. The Morgan fingerprint density at radius 1 is 1.35 bits per heavy atom. The zero-order valence-electron chi connectivity index (χ0n) is 14.0. The Morgan fingerprint density at radius 3 is 2.74 bits per heavy atom. The molecule has 2 rings (SSSR count). The molecule has 2 N–H and O–H groups in total. The number of rotatable bonds is 4. The first-order valence-corrected chi connectivity index (χ1v) is 7.98. The maximum atomic E-state index is 12.2. The molecule has 1 aliphatic heterocycles. The van der Waals surface area contributed by atoms with E-state index in [0.717, 1.165) is 16.9 Å².